The second kappa shape index (κ2) is 7.09. The van der Waals surface area contributed by atoms with Crippen LogP contribution in [-0.2, 0) is 0 Å². The molecule has 2 N–H and O–H groups in total. The molecule has 0 saturated carbocycles. The van der Waals surface area contributed by atoms with Gasteiger partial charge in [0.1, 0.15) is 5.82 Å². The first-order chi connectivity index (χ1) is 8.17. The Labute approximate surface area is 104 Å². The minimum atomic E-state index is 0.425. The van der Waals surface area contributed by atoms with Crippen molar-refractivity contribution in [2.45, 2.75) is 46.6 Å². The minimum Gasteiger partial charge on any atom is -0.367 e. The fraction of sp³-hybridized carbons (Fsp3) is 0.692. The Hall–Kier alpha value is -1.32. The number of aromatic nitrogens is 2. The van der Waals surface area contributed by atoms with E-state index in [0.717, 1.165) is 18.8 Å². The summed E-state index contributed by atoms with van der Waals surface area (Å²) in [5, 5.41) is 6.61. The van der Waals surface area contributed by atoms with Gasteiger partial charge in [-0.15, -0.1) is 0 Å². The summed E-state index contributed by atoms with van der Waals surface area (Å²) in [5.74, 6) is 2.23. The first-order valence-electron chi connectivity index (χ1n) is 6.50. The van der Waals surface area contributed by atoms with Crippen LogP contribution in [0.3, 0.4) is 0 Å². The molecule has 4 nitrogen and oxygen atoms in total. The molecule has 0 saturated heterocycles. The molecule has 0 aromatic carbocycles. The zero-order valence-electron chi connectivity index (χ0n) is 11.3. The van der Waals surface area contributed by atoms with Crippen LogP contribution >= 0.6 is 0 Å². The minimum absolute atomic E-state index is 0.425. The lowest BCUT2D eigenvalue weighted by Crippen LogP contribution is -2.24. The highest BCUT2D eigenvalue weighted by atomic mass is 15.1. The van der Waals surface area contributed by atoms with Crippen LogP contribution in [0.5, 0.6) is 0 Å². The van der Waals surface area contributed by atoms with E-state index in [1.807, 2.05) is 6.07 Å². The van der Waals surface area contributed by atoms with Crippen LogP contribution in [-0.4, -0.2) is 22.6 Å². The summed E-state index contributed by atoms with van der Waals surface area (Å²) in [5.41, 5.74) is 0. The summed E-state index contributed by atoms with van der Waals surface area (Å²) >= 11 is 0. The van der Waals surface area contributed by atoms with Gasteiger partial charge in [-0.1, -0.05) is 27.2 Å². The Morgan fingerprint density at radius 1 is 1.29 bits per heavy atom. The molecule has 17 heavy (non-hydrogen) atoms. The molecular formula is C13H24N4. The molecule has 96 valence electrons. The zero-order valence-corrected chi connectivity index (χ0v) is 11.3. The van der Waals surface area contributed by atoms with E-state index in [4.69, 9.17) is 0 Å². The van der Waals surface area contributed by atoms with Gasteiger partial charge in [0.05, 0.1) is 0 Å². The van der Waals surface area contributed by atoms with Crippen molar-refractivity contribution in [3.63, 3.8) is 0 Å². The molecule has 2 atom stereocenters. The first kappa shape index (κ1) is 13.7. The smallest absolute Gasteiger partial charge is 0.224 e. The van der Waals surface area contributed by atoms with Gasteiger partial charge in [0.15, 0.2) is 0 Å². The lowest BCUT2D eigenvalue weighted by molar-refractivity contribution is 0.493. The average Bonchev–Trinajstić information content (AvgIpc) is 2.35. The lowest BCUT2D eigenvalue weighted by Gasteiger charge is -2.20. The summed E-state index contributed by atoms with van der Waals surface area (Å²) in [6.45, 7) is 9.67. The number of anilines is 2. The molecule has 4 heteroatoms. The van der Waals surface area contributed by atoms with Gasteiger partial charge in [-0.2, -0.15) is 4.98 Å². The van der Waals surface area contributed by atoms with E-state index in [2.05, 4.69) is 48.3 Å². The van der Waals surface area contributed by atoms with Crippen molar-refractivity contribution in [1.29, 1.82) is 0 Å². The molecule has 1 aromatic heterocycles. The van der Waals surface area contributed by atoms with E-state index in [1.165, 1.54) is 6.42 Å². The highest BCUT2D eigenvalue weighted by molar-refractivity contribution is 5.40. The van der Waals surface area contributed by atoms with Crippen molar-refractivity contribution in [2.75, 3.05) is 17.2 Å². The number of rotatable bonds is 7. The van der Waals surface area contributed by atoms with Crippen molar-refractivity contribution in [3.8, 4) is 0 Å². The summed E-state index contributed by atoms with van der Waals surface area (Å²) in [6, 6.07) is 2.34. The molecule has 1 rings (SSSR count). The van der Waals surface area contributed by atoms with E-state index >= 15 is 0 Å². The zero-order chi connectivity index (χ0) is 12.7. The van der Waals surface area contributed by atoms with E-state index < -0.39 is 0 Å². The molecule has 0 aliphatic carbocycles. The van der Waals surface area contributed by atoms with Crippen LogP contribution in [0.15, 0.2) is 12.3 Å². The highest BCUT2D eigenvalue weighted by Crippen LogP contribution is 2.13. The van der Waals surface area contributed by atoms with Crippen molar-refractivity contribution in [1.82, 2.24) is 9.97 Å². The van der Waals surface area contributed by atoms with Crippen LogP contribution in [0.2, 0.25) is 0 Å². The summed E-state index contributed by atoms with van der Waals surface area (Å²) < 4.78 is 0. The number of nitrogens with one attached hydrogen (secondary N) is 2. The van der Waals surface area contributed by atoms with Gasteiger partial charge in [0.2, 0.25) is 5.95 Å². The Morgan fingerprint density at radius 2 is 2.06 bits per heavy atom. The van der Waals surface area contributed by atoms with Crippen molar-refractivity contribution >= 4 is 11.8 Å². The SMILES string of the molecule is CCCNc1nccc(NC(C)C(C)CC)n1. The Bertz CT molecular complexity index is 327. The fourth-order valence-electron chi connectivity index (χ4n) is 1.49. The normalized spacial score (nSPS) is 14.1. The molecule has 0 spiro atoms. The number of hydrogen-bond acceptors (Lipinski definition) is 4. The van der Waals surface area contributed by atoms with Gasteiger partial charge in [-0.25, -0.2) is 4.98 Å². The van der Waals surface area contributed by atoms with Gasteiger partial charge in [-0.05, 0) is 25.3 Å². The maximum atomic E-state index is 4.43. The van der Waals surface area contributed by atoms with Gasteiger partial charge < -0.3 is 10.6 Å². The standard InChI is InChI=1S/C13H24N4/c1-5-8-14-13-15-9-7-12(17-13)16-11(4)10(3)6-2/h7,9-11H,5-6,8H2,1-4H3,(H2,14,15,16,17). The van der Waals surface area contributed by atoms with Crippen LogP contribution in [0, 0.1) is 5.92 Å². The number of nitrogens with zero attached hydrogens (tertiary/aromatic N) is 2. The van der Waals surface area contributed by atoms with Crippen LogP contribution < -0.4 is 10.6 Å². The van der Waals surface area contributed by atoms with Gasteiger partial charge in [0, 0.05) is 18.8 Å². The van der Waals surface area contributed by atoms with Crippen LogP contribution in [0.1, 0.15) is 40.5 Å². The van der Waals surface area contributed by atoms with E-state index in [-0.39, 0.29) is 0 Å². The van der Waals surface area contributed by atoms with Crippen molar-refractivity contribution in [3.05, 3.63) is 12.3 Å². The van der Waals surface area contributed by atoms with E-state index in [0.29, 0.717) is 17.9 Å². The summed E-state index contributed by atoms with van der Waals surface area (Å²) in [7, 11) is 0. The van der Waals surface area contributed by atoms with Crippen molar-refractivity contribution in [2.24, 2.45) is 5.92 Å². The highest BCUT2D eigenvalue weighted by Gasteiger charge is 2.10. The topological polar surface area (TPSA) is 49.8 Å². The maximum Gasteiger partial charge on any atom is 0.224 e. The molecule has 0 aliphatic rings. The average molecular weight is 236 g/mol. The van der Waals surface area contributed by atoms with Crippen LogP contribution in [0.25, 0.3) is 0 Å². The van der Waals surface area contributed by atoms with Gasteiger partial charge >= 0.3 is 0 Å². The number of hydrogen-bond donors (Lipinski definition) is 2. The third-order valence-corrected chi connectivity index (χ3v) is 3.06. The van der Waals surface area contributed by atoms with Crippen molar-refractivity contribution < 1.29 is 0 Å². The molecule has 2 unspecified atom stereocenters. The second-order valence-corrected chi connectivity index (χ2v) is 4.51. The Morgan fingerprint density at radius 3 is 2.71 bits per heavy atom. The van der Waals surface area contributed by atoms with Crippen LogP contribution in [0.4, 0.5) is 11.8 Å². The predicted octanol–water partition coefficient (Wildman–Crippen LogP) is 3.15. The molecule has 0 amide bonds. The molecule has 0 fully saturated rings. The largest absolute Gasteiger partial charge is 0.367 e. The maximum absolute atomic E-state index is 4.43. The Kier molecular flexibility index (Phi) is 5.73. The summed E-state index contributed by atoms with van der Waals surface area (Å²) in [4.78, 5) is 8.62. The lowest BCUT2D eigenvalue weighted by atomic mass is 10.0. The van der Waals surface area contributed by atoms with Gasteiger partial charge in [-0.3, -0.25) is 0 Å². The molecular weight excluding hydrogens is 212 g/mol. The molecule has 1 aromatic rings. The monoisotopic (exact) mass is 236 g/mol. The van der Waals surface area contributed by atoms with E-state index in [9.17, 15) is 0 Å². The third kappa shape index (κ3) is 4.59. The molecule has 0 bridgehead atoms. The first-order valence-corrected chi connectivity index (χ1v) is 6.50. The van der Waals surface area contributed by atoms with E-state index in [1.54, 1.807) is 6.20 Å². The second-order valence-electron chi connectivity index (χ2n) is 4.51. The predicted molar refractivity (Wildman–Crippen MR) is 73.4 cm³/mol. The Balaban J connectivity index is 2.58. The molecule has 0 aliphatic heterocycles. The molecule has 0 radical (unpaired) electrons. The van der Waals surface area contributed by atoms with Gasteiger partial charge in [0.25, 0.3) is 0 Å². The molecule has 1 heterocycles. The fourth-order valence-corrected chi connectivity index (χ4v) is 1.49. The summed E-state index contributed by atoms with van der Waals surface area (Å²) in [6.07, 6.45) is 4.03. The third-order valence-electron chi connectivity index (χ3n) is 3.06. The quantitative estimate of drug-likeness (QED) is 0.763.